The Balaban J connectivity index is 1.58. The number of carbonyl (C=O) groups is 3. The average Bonchev–Trinajstić information content (AvgIpc) is 3.42. The fourth-order valence-electron chi connectivity index (χ4n) is 7.65. The van der Waals surface area contributed by atoms with Crippen molar-refractivity contribution in [2.45, 2.75) is 136 Å². The Labute approximate surface area is 252 Å². The highest BCUT2D eigenvalue weighted by atomic mass is 16.6. The normalized spacial score (nSPS) is 21.3. The summed E-state index contributed by atoms with van der Waals surface area (Å²) in [5, 5.41) is 6.15. The minimum absolute atomic E-state index is 0.0427. The molecule has 1 aliphatic heterocycles. The van der Waals surface area contributed by atoms with Gasteiger partial charge in [0.2, 0.25) is 11.8 Å². The third-order valence-electron chi connectivity index (χ3n) is 9.56. The van der Waals surface area contributed by atoms with E-state index in [0.717, 1.165) is 74.6 Å². The number of likely N-dealkylation sites (tertiary alicyclic amines) is 1. The van der Waals surface area contributed by atoms with Gasteiger partial charge in [-0.25, -0.2) is 9.78 Å². The zero-order chi connectivity index (χ0) is 30.4. The summed E-state index contributed by atoms with van der Waals surface area (Å²) in [7, 11) is 0. The lowest BCUT2D eigenvalue weighted by Crippen LogP contribution is -2.58. The molecule has 9 heteroatoms. The van der Waals surface area contributed by atoms with Crippen LogP contribution in [0.3, 0.4) is 0 Å². The summed E-state index contributed by atoms with van der Waals surface area (Å²) in [6.45, 7) is 10.2. The van der Waals surface area contributed by atoms with Crippen LogP contribution in [0.2, 0.25) is 0 Å². The molecule has 2 heterocycles. The monoisotopic (exact) mass is 583 g/mol. The first-order valence-electron chi connectivity index (χ1n) is 16.2. The Morgan fingerprint density at radius 2 is 1.57 bits per heavy atom. The van der Waals surface area contributed by atoms with Crippen LogP contribution in [0.15, 0.2) is 6.07 Å². The molecule has 2 atom stereocenters. The van der Waals surface area contributed by atoms with E-state index in [1.54, 1.807) is 4.90 Å². The third kappa shape index (κ3) is 8.16. The van der Waals surface area contributed by atoms with Crippen molar-refractivity contribution in [3.05, 3.63) is 22.9 Å². The fraction of sp³-hybridized carbons (Fsp3) is 0.758. The van der Waals surface area contributed by atoms with Crippen molar-refractivity contribution in [1.29, 1.82) is 0 Å². The van der Waals surface area contributed by atoms with E-state index < -0.39 is 23.8 Å². The molecule has 0 radical (unpaired) electrons. The molecule has 0 aromatic carbocycles. The van der Waals surface area contributed by atoms with Gasteiger partial charge in [-0.05, 0) is 82.4 Å². The molecule has 42 heavy (non-hydrogen) atoms. The summed E-state index contributed by atoms with van der Waals surface area (Å²) in [5.41, 5.74) is 7.91. The van der Waals surface area contributed by atoms with Crippen molar-refractivity contribution < 1.29 is 19.1 Å². The molecule has 234 valence electrons. The number of aromatic nitrogens is 1. The predicted octanol–water partition coefficient (Wildman–Crippen LogP) is 5.56. The molecule has 2 saturated carbocycles. The van der Waals surface area contributed by atoms with E-state index in [2.05, 4.69) is 15.6 Å². The zero-order valence-electron chi connectivity index (χ0n) is 26.5. The minimum atomic E-state index is -0.703. The predicted molar refractivity (Wildman–Crippen MR) is 165 cm³/mol. The maximum absolute atomic E-state index is 14.6. The van der Waals surface area contributed by atoms with Crippen LogP contribution >= 0.6 is 0 Å². The number of nitrogen functional groups attached to an aromatic ring is 1. The third-order valence-corrected chi connectivity index (χ3v) is 9.56. The van der Waals surface area contributed by atoms with Crippen LogP contribution in [0.4, 0.5) is 10.6 Å². The molecule has 4 rings (SSSR count). The number of hydrogen-bond donors (Lipinski definition) is 3. The van der Waals surface area contributed by atoms with Gasteiger partial charge in [-0.2, -0.15) is 0 Å². The number of amides is 3. The Morgan fingerprint density at radius 1 is 0.976 bits per heavy atom. The summed E-state index contributed by atoms with van der Waals surface area (Å²) in [6, 6.07) is 0.537. The molecule has 1 unspecified atom stereocenters. The molecule has 1 aromatic heterocycles. The van der Waals surface area contributed by atoms with E-state index >= 15 is 0 Å². The number of aryl methyl sites for hydroxylation is 2. The first kappa shape index (κ1) is 32.1. The maximum Gasteiger partial charge on any atom is 0.408 e. The highest BCUT2D eigenvalue weighted by Crippen LogP contribution is 2.42. The molecular weight excluding hydrogens is 530 g/mol. The second-order valence-corrected chi connectivity index (χ2v) is 13.8. The number of ether oxygens (including phenoxy) is 1. The molecule has 1 saturated heterocycles. The van der Waals surface area contributed by atoms with Crippen LogP contribution in [0.25, 0.3) is 0 Å². The second-order valence-electron chi connectivity index (χ2n) is 13.8. The zero-order valence-corrected chi connectivity index (χ0v) is 26.5. The van der Waals surface area contributed by atoms with Crippen molar-refractivity contribution in [2.75, 3.05) is 12.3 Å². The van der Waals surface area contributed by atoms with Crippen molar-refractivity contribution in [3.8, 4) is 0 Å². The van der Waals surface area contributed by atoms with Gasteiger partial charge in [-0.3, -0.25) is 9.59 Å². The smallest absolute Gasteiger partial charge is 0.408 e. The number of rotatable bonds is 8. The summed E-state index contributed by atoms with van der Waals surface area (Å²) in [6.07, 6.45) is 12.2. The number of pyridine rings is 1. The van der Waals surface area contributed by atoms with E-state index in [4.69, 9.17) is 10.5 Å². The Morgan fingerprint density at radius 3 is 2.12 bits per heavy atom. The van der Waals surface area contributed by atoms with E-state index in [0.29, 0.717) is 37.2 Å². The van der Waals surface area contributed by atoms with Gasteiger partial charge in [0, 0.05) is 18.8 Å². The first-order valence-corrected chi connectivity index (χ1v) is 16.2. The lowest BCUT2D eigenvalue weighted by molar-refractivity contribution is -0.142. The van der Waals surface area contributed by atoms with Gasteiger partial charge < -0.3 is 26.0 Å². The number of anilines is 1. The second kappa shape index (κ2) is 14.1. The van der Waals surface area contributed by atoms with Gasteiger partial charge in [0.05, 0.1) is 0 Å². The number of nitrogens with zero attached hydrogens (tertiary/aromatic N) is 2. The number of hydrogen-bond acceptors (Lipinski definition) is 6. The van der Waals surface area contributed by atoms with Crippen molar-refractivity contribution in [1.82, 2.24) is 20.5 Å². The largest absolute Gasteiger partial charge is 0.444 e. The quantitative estimate of drug-likeness (QED) is 0.368. The van der Waals surface area contributed by atoms with Crippen molar-refractivity contribution >= 4 is 23.7 Å². The molecular formula is C33H53N5O4. The Bertz CT molecular complexity index is 1060. The van der Waals surface area contributed by atoms with Crippen LogP contribution in [0.5, 0.6) is 0 Å². The van der Waals surface area contributed by atoms with Crippen molar-refractivity contribution in [2.24, 2.45) is 17.8 Å². The topological polar surface area (TPSA) is 127 Å². The van der Waals surface area contributed by atoms with Crippen LogP contribution < -0.4 is 16.4 Å². The molecule has 1 aromatic rings. The Kier molecular flexibility index (Phi) is 10.8. The van der Waals surface area contributed by atoms with Crippen LogP contribution in [0.1, 0.15) is 115 Å². The highest BCUT2D eigenvalue weighted by Gasteiger charge is 2.46. The molecule has 0 bridgehead atoms. The van der Waals surface area contributed by atoms with Crippen molar-refractivity contribution in [3.63, 3.8) is 0 Å². The number of alkyl carbamates (subject to hydrolysis) is 1. The average molecular weight is 584 g/mol. The molecule has 3 amide bonds. The van der Waals surface area contributed by atoms with Gasteiger partial charge in [0.1, 0.15) is 23.5 Å². The van der Waals surface area contributed by atoms with E-state index in [-0.39, 0.29) is 17.7 Å². The highest BCUT2D eigenvalue weighted by molar-refractivity contribution is 5.92. The molecule has 2 aliphatic carbocycles. The van der Waals surface area contributed by atoms with Crippen LogP contribution in [-0.4, -0.2) is 52.0 Å². The number of nitrogens with one attached hydrogen (secondary N) is 2. The molecule has 9 nitrogen and oxygen atoms in total. The molecule has 3 aliphatic rings. The van der Waals surface area contributed by atoms with E-state index in [1.807, 2.05) is 40.7 Å². The summed E-state index contributed by atoms with van der Waals surface area (Å²) < 4.78 is 5.68. The lowest BCUT2D eigenvalue weighted by atomic mass is 9.66. The number of carbonyl (C=O) groups excluding carboxylic acids is 3. The molecule has 4 N–H and O–H groups in total. The van der Waals surface area contributed by atoms with E-state index in [1.165, 1.54) is 12.8 Å². The van der Waals surface area contributed by atoms with Gasteiger partial charge >= 0.3 is 6.09 Å². The Hall–Kier alpha value is -2.84. The summed E-state index contributed by atoms with van der Waals surface area (Å²) in [5.74, 6) is 0.956. The van der Waals surface area contributed by atoms with Gasteiger partial charge in [-0.15, -0.1) is 0 Å². The molecule has 0 spiro atoms. The number of nitrogens with two attached hydrogens (primary N) is 1. The SMILES string of the molecule is Cc1cc(N)nc(C)c1CNC(=O)[C@@H]1CCCN1C(=O)C(NC(=O)OC(C)(C)C)C(C1CCCCC1)C1CCCCC1. The van der Waals surface area contributed by atoms with E-state index in [9.17, 15) is 14.4 Å². The fourth-order valence-corrected chi connectivity index (χ4v) is 7.65. The standard InChI is InChI=1S/C33H53N5O4/c1-21-19-27(34)36-22(2)25(21)20-35-30(39)26-17-12-18-38(26)31(40)29(37-32(41)42-33(3,4)5)28(23-13-8-6-9-14-23)24-15-10-7-11-16-24/h19,23-24,26,28-29H,6-18,20H2,1-5H3,(H2,34,36)(H,35,39)(H,37,41)/t26-,29?/m0/s1. The van der Waals surface area contributed by atoms with Crippen LogP contribution in [-0.2, 0) is 20.9 Å². The molecule has 3 fully saturated rings. The lowest BCUT2D eigenvalue weighted by Gasteiger charge is -2.43. The summed E-state index contributed by atoms with van der Waals surface area (Å²) in [4.78, 5) is 47.4. The summed E-state index contributed by atoms with van der Waals surface area (Å²) >= 11 is 0. The first-order chi connectivity index (χ1) is 19.9. The maximum atomic E-state index is 14.6. The minimum Gasteiger partial charge on any atom is -0.444 e. The van der Waals surface area contributed by atoms with Gasteiger partial charge in [0.25, 0.3) is 0 Å². The van der Waals surface area contributed by atoms with Gasteiger partial charge in [-0.1, -0.05) is 64.2 Å². The van der Waals surface area contributed by atoms with Gasteiger partial charge in [0.15, 0.2) is 0 Å². The van der Waals surface area contributed by atoms with Crippen LogP contribution in [0, 0.1) is 31.6 Å².